The highest BCUT2D eigenvalue weighted by atomic mass is 32.2. The van der Waals surface area contributed by atoms with Crippen LogP contribution in [0, 0.1) is 0 Å². The molecule has 152 valence electrons. The minimum atomic E-state index is -0.176. The van der Waals surface area contributed by atoms with Crippen molar-refractivity contribution in [2.24, 2.45) is 0 Å². The minimum Gasteiger partial charge on any atom is -0.383 e. The van der Waals surface area contributed by atoms with E-state index in [1.807, 2.05) is 24.3 Å². The fourth-order valence-corrected chi connectivity index (χ4v) is 5.87. The fraction of sp³-hybridized carbons (Fsp3) is 0.368. The third kappa shape index (κ3) is 4.50. The van der Waals surface area contributed by atoms with Gasteiger partial charge in [0.15, 0.2) is 10.3 Å². The van der Waals surface area contributed by atoms with Crippen molar-refractivity contribution < 1.29 is 9.53 Å². The van der Waals surface area contributed by atoms with Crippen LogP contribution >= 0.6 is 34.9 Å². The van der Waals surface area contributed by atoms with Crippen LogP contribution in [0.25, 0.3) is 10.2 Å². The third-order valence-electron chi connectivity index (χ3n) is 4.35. The second-order valence-corrected chi connectivity index (χ2v) is 10.00. The van der Waals surface area contributed by atoms with E-state index in [0.29, 0.717) is 28.7 Å². The van der Waals surface area contributed by atoms with Gasteiger partial charge in [0, 0.05) is 18.8 Å². The highest BCUT2D eigenvalue weighted by Crippen LogP contribution is 2.34. The molecular weight excluding hydrogens is 428 g/mol. The first-order valence-corrected chi connectivity index (χ1v) is 11.8. The smallest absolute Gasteiger partial charge is 0.268 e. The number of hydrogen-bond acceptors (Lipinski definition) is 8. The quantitative estimate of drug-likeness (QED) is 0.438. The van der Waals surface area contributed by atoms with Crippen LogP contribution in [0.15, 0.2) is 39.1 Å². The normalized spacial score (nSPS) is 15.6. The van der Waals surface area contributed by atoms with Crippen LogP contribution in [0.5, 0.6) is 0 Å². The molecule has 1 aromatic carbocycles. The number of nitrogens with zero attached hydrogens (tertiary/aromatic N) is 3. The predicted molar refractivity (Wildman–Crippen MR) is 118 cm³/mol. The van der Waals surface area contributed by atoms with Gasteiger partial charge >= 0.3 is 0 Å². The number of aromatic nitrogens is 3. The molecule has 10 heteroatoms. The van der Waals surface area contributed by atoms with Gasteiger partial charge in [0.05, 0.1) is 39.7 Å². The maximum absolute atomic E-state index is 12.9. The average molecular weight is 449 g/mol. The summed E-state index contributed by atoms with van der Waals surface area (Å²) in [6.45, 7) is 2.90. The molecule has 0 unspecified atom stereocenters. The lowest BCUT2D eigenvalue weighted by atomic mass is 10.2. The van der Waals surface area contributed by atoms with Gasteiger partial charge in [0.25, 0.3) is 5.56 Å². The number of thioether (sulfide) groups is 2. The molecule has 1 atom stereocenters. The van der Waals surface area contributed by atoms with E-state index in [4.69, 9.17) is 4.74 Å². The Balaban J connectivity index is 1.49. The number of hydrogen-bond donors (Lipinski definition) is 1. The van der Waals surface area contributed by atoms with Crippen LogP contribution in [-0.2, 0) is 22.5 Å². The molecule has 0 aliphatic carbocycles. The zero-order chi connectivity index (χ0) is 20.4. The number of carbonyl (C=O) groups is 1. The number of benzene rings is 1. The van der Waals surface area contributed by atoms with Crippen molar-refractivity contribution in [3.63, 3.8) is 0 Å². The second kappa shape index (κ2) is 8.86. The van der Waals surface area contributed by atoms with Crippen LogP contribution < -0.4 is 10.9 Å². The van der Waals surface area contributed by atoms with Crippen molar-refractivity contribution in [3.8, 4) is 0 Å². The molecular formula is C19H20N4O3S3. The summed E-state index contributed by atoms with van der Waals surface area (Å²) in [7, 11) is 1.60. The number of fused-ring (bicyclic) bond motifs is 2. The molecule has 0 saturated heterocycles. The number of anilines is 1. The average Bonchev–Trinajstić information content (AvgIpc) is 3.28. The summed E-state index contributed by atoms with van der Waals surface area (Å²) in [6, 6.07) is 7.75. The van der Waals surface area contributed by atoms with Crippen molar-refractivity contribution in [3.05, 3.63) is 40.3 Å². The van der Waals surface area contributed by atoms with Gasteiger partial charge in [-0.25, -0.2) is 9.97 Å². The summed E-state index contributed by atoms with van der Waals surface area (Å²) in [5.41, 5.74) is 1.64. The molecule has 1 aliphatic rings. The lowest BCUT2D eigenvalue weighted by Crippen LogP contribution is -2.27. The number of ether oxygens (including phenoxy) is 1. The number of nitrogens with one attached hydrogen (secondary N) is 1. The Bertz CT molecular complexity index is 1080. The molecule has 3 heterocycles. The largest absolute Gasteiger partial charge is 0.383 e. The van der Waals surface area contributed by atoms with Crippen molar-refractivity contribution in [2.45, 2.75) is 35.2 Å². The van der Waals surface area contributed by atoms with E-state index < -0.39 is 0 Å². The van der Waals surface area contributed by atoms with Gasteiger partial charge in [-0.15, -0.1) is 11.8 Å². The minimum absolute atomic E-state index is 0.0459. The summed E-state index contributed by atoms with van der Waals surface area (Å²) in [5, 5.41) is 4.30. The third-order valence-corrected chi connectivity index (χ3v) is 7.50. The molecule has 4 rings (SSSR count). The van der Waals surface area contributed by atoms with Crippen LogP contribution in [0.4, 0.5) is 5.13 Å². The Hall–Kier alpha value is -1.88. The van der Waals surface area contributed by atoms with Crippen LogP contribution in [-0.4, -0.2) is 45.2 Å². The molecule has 0 saturated carbocycles. The van der Waals surface area contributed by atoms with Gasteiger partial charge in [-0.05, 0) is 12.1 Å². The lowest BCUT2D eigenvalue weighted by Gasteiger charge is -2.13. The number of para-hydroxylation sites is 1. The second-order valence-electron chi connectivity index (χ2n) is 6.58. The number of thiazole rings is 1. The first kappa shape index (κ1) is 20.4. The molecule has 3 aromatic rings. The molecule has 1 amide bonds. The van der Waals surface area contributed by atoms with E-state index in [0.717, 1.165) is 27.2 Å². The molecule has 0 radical (unpaired) electrons. The van der Waals surface area contributed by atoms with Crippen LogP contribution in [0.1, 0.15) is 12.6 Å². The standard InChI is InChI=1S/C19H20N4O3S3/c1-11-9-13-16(28-11)17(25)23(7-8-26-2)19(21-13)27-10-15(24)22-18-20-12-5-3-4-6-14(12)29-18/h3-6,11H,7-10H2,1-2H3,(H,20,22,24)/t11-/m1/s1. The lowest BCUT2D eigenvalue weighted by molar-refractivity contribution is -0.113. The maximum Gasteiger partial charge on any atom is 0.268 e. The number of carbonyl (C=O) groups excluding carboxylic acids is 1. The molecule has 0 bridgehead atoms. The summed E-state index contributed by atoms with van der Waals surface area (Å²) < 4.78 is 7.78. The summed E-state index contributed by atoms with van der Waals surface area (Å²) >= 11 is 4.27. The summed E-state index contributed by atoms with van der Waals surface area (Å²) in [6.07, 6.45) is 0.770. The Labute approximate surface area is 180 Å². The van der Waals surface area contributed by atoms with Crippen LogP contribution in [0.3, 0.4) is 0 Å². The number of rotatable bonds is 7. The first-order valence-electron chi connectivity index (χ1n) is 9.12. The Morgan fingerprint density at radius 1 is 1.38 bits per heavy atom. The SMILES string of the molecule is COCCn1c(SCC(=O)Nc2nc3ccccc3s2)nc2c(c1=O)S[C@H](C)C2. The zero-order valence-electron chi connectivity index (χ0n) is 16.0. The van der Waals surface area contributed by atoms with Crippen molar-refractivity contribution in [1.82, 2.24) is 14.5 Å². The van der Waals surface area contributed by atoms with Gasteiger partial charge in [-0.1, -0.05) is 42.2 Å². The number of methoxy groups -OCH3 is 1. The van der Waals surface area contributed by atoms with Gasteiger partial charge in [-0.2, -0.15) is 0 Å². The van der Waals surface area contributed by atoms with Crippen molar-refractivity contribution >= 4 is 56.1 Å². The van der Waals surface area contributed by atoms with Crippen molar-refractivity contribution in [1.29, 1.82) is 0 Å². The van der Waals surface area contributed by atoms with Gasteiger partial charge in [0.1, 0.15) is 0 Å². The van der Waals surface area contributed by atoms with Gasteiger partial charge in [-0.3, -0.25) is 14.2 Å². The molecule has 1 N–H and O–H groups in total. The molecule has 1 aliphatic heterocycles. The summed E-state index contributed by atoms with van der Waals surface area (Å²) in [5.74, 6) is -0.0264. The molecule has 0 spiro atoms. The number of amides is 1. The molecule has 0 fully saturated rings. The van der Waals surface area contributed by atoms with Crippen LogP contribution in [0.2, 0.25) is 0 Å². The van der Waals surface area contributed by atoms with E-state index >= 15 is 0 Å². The Morgan fingerprint density at radius 2 is 2.21 bits per heavy atom. The predicted octanol–water partition coefficient (Wildman–Crippen LogP) is 3.27. The Morgan fingerprint density at radius 3 is 3.00 bits per heavy atom. The highest BCUT2D eigenvalue weighted by molar-refractivity contribution is 8.00. The monoisotopic (exact) mass is 448 g/mol. The first-order chi connectivity index (χ1) is 14.0. The maximum atomic E-state index is 12.9. The highest BCUT2D eigenvalue weighted by Gasteiger charge is 2.26. The van der Waals surface area contributed by atoms with E-state index in [2.05, 4.69) is 22.2 Å². The van der Waals surface area contributed by atoms with Crippen molar-refractivity contribution in [2.75, 3.05) is 24.8 Å². The fourth-order valence-electron chi connectivity index (χ4n) is 3.03. The van der Waals surface area contributed by atoms with Gasteiger partial charge < -0.3 is 10.1 Å². The topological polar surface area (TPSA) is 86.1 Å². The molecule has 7 nitrogen and oxygen atoms in total. The molecule has 2 aromatic heterocycles. The van der Waals surface area contributed by atoms with E-state index in [1.165, 1.54) is 23.1 Å². The van der Waals surface area contributed by atoms with E-state index in [1.54, 1.807) is 23.4 Å². The van der Waals surface area contributed by atoms with E-state index in [9.17, 15) is 9.59 Å². The summed E-state index contributed by atoms with van der Waals surface area (Å²) in [4.78, 5) is 35.2. The van der Waals surface area contributed by atoms with E-state index in [-0.39, 0.29) is 17.2 Å². The van der Waals surface area contributed by atoms with Gasteiger partial charge in [0.2, 0.25) is 5.91 Å². The molecule has 29 heavy (non-hydrogen) atoms. The Kier molecular flexibility index (Phi) is 6.23. The zero-order valence-corrected chi connectivity index (χ0v) is 18.5.